The van der Waals surface area contributed by atoms with Crippen LogP contribution in [-0.2, 0) is 13.0 Å². The highest BCUT2D eigenvalue weighted by atomic mass is 16.5. The van der Waals surface area contributed by atoms with Gasteiger partial charge in [0.2, 0.25) is 0 Å². The third kappa shape index (κ3) is 4.36. The first-order chi connectivity index (χ1) is 15.2. The Balaban J connectivity index is 1.25. The number of aryl methyl sites for hydroxylation is 1. The molecule has 0 aliphatic carbocycles. The van der Waals surface area contributed by atoms with Gasteiger partial charge in [0.05, 0.1) is 0 Å². The van der Waals surface area contributed by atoms with Gasteiger partial charge in [0.1, 0.15) is 23.0 Å². The van der Waals surface area contributed by atoms with Crippen LogP contribution in [0.15, 0.2) is 60.8 Å². The van der Waals surface area contributed by atoms with E-state index in [-0.39, 0.29) is 5.91 Å². The summed E-state index contributed by atoms with van der Waals surface area (Å²) in [7, 11) is 0. The average Bonchev–Trinajstić information content (AvgIpc) is 3.24. The molecule has 5 rings (SSSR count). The number of aromatic nitrogens is 2. The number of para-hydroxylation sites is 1. The van der Waals surface area contributed by atoms with Crippen LogP contribution in [0.4, 0.5) is 0 Å². The number of ether oxygens (including phenoxy) is 1. The topological polar surface area (TPSA) is 47.4 Å². The van der Waals surface area contributed by atoms with Gasteiger partial charge in [-0.1, -0.05) is 37.3 Å². The van der Waals surface area contributed by atoms with Crippen molar-refractivity contribution >= 4 is 5.91 Å². The van der Waals surface area contributed by atoms with Gasteiger partial charge in [-0.15, -0.1) is 0 Å². The number of hydrogen-bond donors (Lipinski definition) is 0. The molecule has 0 unspecified atom stereocenters. The smallest absolute Gasteiger partial charge is 0.274 e. The first-order valence-electron chi connectivity index (χ1n) is 11.3. The molecule has 1 saturated heterocycles. The summed E-state index contributed by atoms with van der Waals surface area (Å²) < 4.78 is 8.10. The van der Waals surface area contributed by atoms with Gasteiger partial charge in [-0.25, -0.2) is 4.98 Å². The quantitative estimate of drug-likeness (QED) is 0.583. The molecule has 31 heavy (non-hydrogen) atoms. The van der Waals surface area contributed by atoms with E-state index in [0.29, 0.717) is 17.5 Å². The van der Waals surface area contributed by atoms with Crippen LogP contribution in [0.5, 0.6) is 11.5 Å². The Morgan fingerprint density at radius 1 is 0.968 bits per heavy atom. The van der Waals surface area contributed by atoms with E-state index in [1.54, 1.807) is 0 Å². The lowest BCUT2D eigenvalue weighted by molar-refractivity contribution is 0.0691. The number of nitrogens with zero attached hydrogens (tertiary/aromatic N) is 3. The molecule has 1 atom stereocenters. The van der Waals surface area contributed by atoms with Gasteiger partial charge < -0.3 is 14.2 Å². The molecular weight excluding hydrogens is 386 g/mol. The molecule has 160 valence electrons. The molecule has 1 fully saturated rings. The molecular formula is C26H29N3O2. The normalized spacial score (nSPS) is 19.1. The fourth-order valence-electron chi connectivity index (χ4n) is 4.63. The molecule has 0 bridgehead atoms. The third-order valence-electron chi connectivity index (χ3n) is 6.61. The summed E-state index contributed by atoms with van der Waals surface area (Å²) in [5.41, 5.74) is 1.91. The number of carbonyl (C=O) groups excluding carboxylic acids is 1. The molecule has 2 aliphatic rings. The minimum atomic E-state index is 0.0905. The highest BCUT2D eigenvalue weighted by Crippen LogP contribution is 2.31. The summed E-state index contributed by atoms with van der Waals surface area (Å²) in [5.74, 6) is 3.95. The molecule has 0 spiro atoms. The molecule has 0 radical (unpaired) electrons. The van der Waals surface area contributed by atoms with Crippen molar-refractivity contribution in [3.8, 4) is 11.5 Å². The van der Waals surface area contributed by atoms with Crippen molar-refractivity contribution in [1.82, 2.24) is 14.5 Å². The van der Waals surface area contributed by atoms with Crippen molar-refractivity contribution in [2.45, 2.75) is 45.1 Å². The molecule has 3 aromatic rings. The van der Waals surface area contributed by atoms with Crippen molar-refractivity contribution in [2.24, 2.45) is 5.92 Å². The lowest BCUT2D eigenvalue weighted by atomic mass is 9.91. The largest absolute Gasteiger partial charge is 0.457 e. The number of fused-ring (bicyclic) bond motifs is 1. The van der Waals surface area contributed by atoms with E-state index in [1.807, 2.05) is 53.6 Å². The van der Waals surface area contributed by atoms with Crippen LogP contribution >= 0.6 is 0 Å². The number of carbonyl (C=O) groups is 1. The van der Waals surface area contributed by atoms with Crippen LogP contribution in [0, 0.1) is 5.92 Å². The first-order valence-corrected chi connectivity index (χ1v) is 11.3. The van der Waals surface area contributed by atoms with Crippen LogP contribution in [0.1, 0.15) is 54.0 Å². The Kier molecular flexibility index (Phi) is 5.49. The number of likely N-dealkylation sites (tertiary alicyclic amines) is 1. The fourth-order valence-corrected chi connectivity index (χ4v) is 4.63. The summed E-state index contributed by atoms with van der Waals surface area (Å²) in [6.07, 6.45) is 6.09. The van der Waals surface area contributed by atoms with Crippen LogP contribution < -0.4 is 4.74 Å². The lowest BCUT2D eigenvalue weighted by Gasteiger charge is -2.29. The maximum absolute atomic E-state index is 12.9. The van der Waals surface area contributed by atoms with Gasteiger partial charge in [-0.05, 0) is 55.0 Å². The Bertz CT molecular complexity index is 1030. The van der Waals surface area contributed by atoms with E-state index in [1.165, 1.54) is 5.56 Å². The van der Waals surface area contributed by atoms with Gasteiger partial charge in [-0.3, -0.25) is 4.79 Å². The van der Waals surface area contributed by atoms with E-state index in [0.717, 1.165) is 62.6 Å². The second-order valence-electron chi connectivity index (χ2n) is 8.89. The maximum Gasteiger partial charge on any atom is 0.274 e. The zero-order chi connectivity index (χ0) is 21.2. The Hall–Kier alpha value is -3.08. The predicted octanol–water partition coefficient (Wildman–Crippen LogP) is 5.28. The average molecular weight is 416 g/mol. The van der Waals surface area contributed by atoms with Gasteiger partial charge in [0.15, 0.2) is 0 Å². The lowest BCUT2D eigenvalue weighted by Crippen LogP contribution is -2.38. The third-order valence-corrected chi connectivity index (χ3v) is 6.61. The van der Waals surface area contributed by atoms with Crippen molar-refractivity contribution in [3.63, 3.8) is 0 Å². The summed E-state index contributed by atoms with van der Waals surface area (Å²) >= 11 is 0. The minimum Gasteiger partial charge on any atom is -0.457 e. The maximum atomic E-state index is 12.9. The Morgan fingerprint density at radius 3 is 2.42 bits per heavy atom. The zero-order valence-electron chi connectivity index (χ0n) is 18.0. The molecule has 2 aliphatic heterocycles. The molecule has 0 N–H and O–H groups in total. The summed E-state index contributed by atoms with van der Waals surface area (Å²) in [5, 5.41) is 0. The monoisotopic (exact) mass is 415 g/mol. The molecule has 2 aromatic carbocycles. The van der Waals surface area contributed by atoms with E-state index in [2.05, 4.69) is 28.6 Å². The van der Waals surface area contributed by atoms with Gasteiger partial charge in [0.25, 0.3) is 5.91 Å². The van der Waals surface area contributed by atoms with E-state index < -0.39 is 0 Å². The highest BCUT2D eigenvalue weighted by molar-refractivity contribution is 5.92. The van der Waals surface area contributed by atoms with Crippen molar-refractivity contribution in [1.29, 1.82) is 0 Å². The summed E-state index contributed by atoms with van der Waals surface area (Å²) in [6, 6.07) is 18.2. The van der Waals surface area contributed by atoms with Crippen molar-refractivity contribution < 1.29 is 9.53 Å². The zero-order valence-corrected chi connectivity index (χ0v) is 18.0. The molecule has 1 aromatic heterocycles. The number of piperidine rings is 1. The van der Waals surface area contributed by atoms with E-state index >= 15 is 0 Å². The minimum absolute atomic E-state index is 0.0905. The molecule has 3 heterocycles. The van der Waals surface area contributed by atoms with E-state index in [9.17, 15) is 4.79 Å². The second-order valence-corrected chi connectivity index (χ2v) is 8.89. The van der Waals surface area contributed by atoms with Crippen molar-refractivity contribution in [2.75, 3.05) is 13.1 Å². The van der Waals surface area contributed by atoms with Crippen LogP contribution in [0.3, 0.4) is 0 Å². The SMILES string of the molecule is CC1CCN(C(=O)c2cn3c(n2)CC[C@H](c2ccc(Oc4ccccc4)cc2)C3)CC1. The number of amides is 1. The van der Waals surface area contributed by atoms with Crippen LogP contribution in [-0.4, -0.2) is 33.4 Å². The first kappa shape index (κ1) is 19.9. The Morgan fingerprint density at radius 2 is 1.68 bits per heavy atom. The molecule has 0 saturated carbocycles. The standard InChI is InChI=1S/C26H29N3O2/c1-19-13-15-28(16-14-19)26(30)24-18-29-17-21(9-12-25(29)27-24)20-7-10-23(11-8-20)31-22-5-3-2-4-6-22/h2-8,10-11,18-19,21H,9,12-17H2,1H3/t21-/m0/s1. The van der Waals surface area contributed by atoms with Crippen LogP contribution in [0.2, 0.25) is 0 Å². The summed E-state index contributed by atoms with van der Waals surface area (Å²) in [4.78, 5) is 19.6. The van der Waals surface area contributed by atoms with Crippen LogP contribution in [0.25, 0.3) is 0 Å². The van der Waals surface area contributed by atoms with Gasteiger partial charge >= 0.3 is 0 Å². The fraction of sp³-hybridized carbons (Fsp3) is 0.385. The number of rotatable bonds is 4. The van der Waals surface area contributed by atoms with Gasteiger partial charge in [-0.2, -0.15) is 0 Å². The van der Waals surface area contributed by atoms with E-state index in [4.69, 9.17) is 4.74 Å². The highest BCUT2D eigenvalue weighted by Gasteiger charge is 2.27. The predicted molar refractivity (Wildman–Crippen MR) is 121 cm³/mol. The molecule has 1 amide bonds. The van der Waals surface area contributed by atoms with Crippen molar-refractivity contribution in [3.05, 3.63) is 77.9 Å². The number of hydrogen-bond acceptors (Lipinski definition) is 3. The summed E-state index contributed by atoms with van der Waals surface area (Å²) in [6.45, 7) is 4.83. The Labute approximate surface area is 183 Å². The molecule has 5 heteroatoms. The second kappa shape index (κ2) is 8.58. The van der Waals surface area contributed by atoms with Gasteiger partial charge in [0, 0.05) is 38.2 Å². The number of imidazole rings is 1. The molecule has 5 nitrogen and oxygen atoms in total. The number of benzene rings is 2.